The number of nitrogens with zero attached hydrogens (tertiary/aromatic N) is 1. The van der Waals surface area contributed by atoms with Crippen LogP contribution in [0.1, 0.15) is 32.8 Å². The number of hydrogen-bond donors (Lipinski definition) is 3. The van der Waals surface area contributed by atoms with Gasteiger partial charge in [0.2, 0.25) is 0 Å². The van der Waals surface area contributed by atoms with E-state index in [-0.39, 0.29) is 18.9 Å². The monoisotopic (exact) mass is 532 g/mol. The number of carbonyl (C=O) groups is 3. The zero-order valence-electron chi connectivity index (χ0n) is 19.4. The molecule has 182 valence electrons. The van der Waals surface area contributed by atoms with E-state index in [4.69, 9.17) is 9.47 Å². The second kappa shape index (κ2) is 11.3. The van der Waals surface area contributed by atoms with E-state index in [9.17, 15) is 14.4 Å². The fourth-order valence-corrected chi connectivity index (χ4v) is 3.87. The van der Waals surface area contributed by atoms with Crippen LogP contribution >= 0.6 is 15.9 Å². The Morgan fingerprint density at radius 1 is 1.12 bits per heavy atom. The lowest BCUT2D eigenvalue weighted by atomic mass is 9.83. The minimum absolute atomic E-state index is 0.223. The van der Waals surface area contributed by atoms with E-state index in [0.29, 0.717) is 18.9 Å². The summed E-state index contributed by atoms with van der Waals surface area (Å²) in [5.74, 6) is 0.0449. The molecular formula is C24H29BrN4O5. The summed E-state index contributed by atoms with van der Waals surface area (Å²) in [6.07, 6.45) is 0.263. The summed E-state index contributed by atoms with van der Waals surface area (Å²) in [4.78, 5) is 38.1. The van der Waals surface area contributed by atoms with Gasteiger partial charge in [0.1, 0.15) is 11.3 Å². The van der Waals surface area contributed by atoms with Crippen molar-refractivity contribution >= 4 is 39.6 Å². The van der Waals surface area contributed by atoms with Crippen LogP contribution in [0.25, 0.3) is 0 Å². The number of anilines is 1. The van der Waals surface area contributed by atoms with Gasteiger partial charge in [-0.05, 0) is 54.8 Å². The van der Waals surface area contributed by atoms with Gasteiger partial charge in [0.15, 0.2) is 0 Å². The van der Waals surface area contributed by atoms with Crippen molar-refractivity contribution in [1.82, 2.24) is 15.8 Å². The van der Waals surface area contributed by atoms with E-state index in [2.05, 4.69) is 32.0 Å². The van der Waals surface area contributed by atoms with E-state index in [1.54, 1.807) is 24.3 Å². The topological polar surface area (TPSA) is 109 Å². The summed E-state index contributed by atoms with van der Waals surface area (Å²) >= 11 is 3.32. The third kappa shape index (κ3) is 6.06. The van der Waals surface area contributed by atoms with E-state index in [0.717, 1.165) is 20.8 Å². The molecule has 9 nitrogen and oxygen atoms in total. The molecular weight excluding hydrogens is 504 g/mol. The average molecular weight is 533 g/mol. The van der Waals surface area contributed by atoms with Crippen molar-refractivity contribution in [1.29, 1.82) is 0 Å². The van der Waals surface area contributed by atoms with Crippen LogP contribution in [0.2, 0.25) is 0 Å². The molecule has 0 bridgehead atoms. The Balaban J connectivity index is 1.56. The molecule has 1 heterocycles. The fourth-order valence-electron chi connectivity index (χ4n) is 3.61. The molecule has 0 aliphatic carbocycles. The predicted octanol–water partition coefficient (Wildman–Crippen LogP) is 4.44. The Labute approximate surface area is 207 Å². The molecule has 0 radical (unpaired) electrons. The highest BCUT2D eigenvalue weighted by atomic mass is 79.9. The molecule has 34 heavy (non-hydrogen) atoms. The van der Waals surface area contributed by atoms with Crippen molar-refractivity contribution in [2.24, 2.45) is 5.92 Å². The molecule has 10 heteroatoms. The number of imide groups is 1. The molecule has 2 aromatic rings. The Hall–Kier alpha value is -3.11. The minimum atomic E-state index is -1.18. The number of nitrogens with one attached hydrogen (secondary N) is 3. The van der Waals surface area contributed by atoms with Crippen LogP contribution in [-0.2, 0) is 16.1 Å². The third-order valence-electron chi connectivity index (χ3n) is 5.56. The summed E-state index contributed by atoms with van der Waals surface area (Å²) in [5.41, 5.74) is 2.65. The van der Waals surface area contributed by atoms with Gasteiger partial charge in [-0.2, -0.15) is 5.01 Å². The quantitative estimate of drug-likeness (QED) is 0.309. The summed E-state index contributed by atoms with van der Waals surface area (Å²) in [5, 5.41) is 6.08. The maximum absolute atomic E-state index is 13.2. The zero-order chi connectivity index (χ0) is 24.7. The maximum atomic E-state index is 13.2. The van der Waals surface area contributed by atoms with Crippen LogP contribution in [-0.4, -0.2) is 41.7 Å². The Morgan fingerprint density at radius 2 is 1.79 bits per heavy atom. The summed E-state index contributed by atoms with van der Waals surface area (Å²) < 4.78 is 12.1. The fraction of sp³-hybridized carbons (Fsp3) is 0.375. The zero-order valence-corrected chi connectivity index (χ0v) is 21.0. The van der Waals surface area contributed by atoms with Gasteiger partial charge in [-0.15, -0.1) is 0 Å². The van der Waals surface area contributed by atoms with Gasteiger partial charge in [0.25, 0.3) is 5.91 Å². The van der Waals surface area contributed by atoms with Crippen LogP contribution < -0.4 is 20.8 Å². The van der Waals surface area contributed by atoms with Crippen LogP contribution in [0.3, 0.4) is 0 Å². The lowest BCUT2D eigenvalue weighted by molar-refractivity contribution is -0.135. The number of urea groups is 2. The van der Waals surface area contributed by atoms with Crippen molar-refractivity contribution in [3.05, 3.63) is 58.6 Å². The first-order chi connectivity index (χ1) is 16.2. The number of benzene rings is 2. The highest BCUT2D eigenvalue weighted by Gasteiger charge is 2.53. The Kier molecular flexibility index (Phi) is 8.51. The minimum Gasteiger partial charge on any atom is -0.494 e. The summed E-state index contributed by atoms with van der Waals surface area (Å²) in [6, 6.07) is 13.1. The highest BCUT2D eigenvalue weighted by molar-refractivity contribution is 9.10. The van der Waals surface area contributed by atoms with Crippen LogP contribution in [0.15, 0.2) is 53.0 Å². The van der Waals surface area contributed by atoms with Crippen molar-refractivity contribution in [2.75, 3.05) is 18.5 Å². The van der Waals surface area contributed by atoms with Gasteiger partial charge in [-0.1, -0.05) is 41.9 Å². The van der Waals surface area contributed by atoms with Crippen molar-refractivity contribution < 1.29 is 23.9 Å². The smallest absolute Gasteiger partial charge is 0.344 e. The number of rotatable bonds is 10. The van der Waals surface area contributed by atoms with Crippen LogP contribution in [0.5, 0.6) is 5.75 Å². The molecule has 2 aromatic carbocycles. The lowest BCUT2D eigenvalue weighted by Gasteiger charge is -2.30. The third-order valence-corrected chi connectivity index (χ3v) is 6.09. The number of ether oxygens (including phenoxy) is 2. The molecule has 1 atom stereocenters. The van der Waals surface area contributed by atoms with Crippen molar-refractivity contribution in [3.63, 3.8) is 0 Å². The average Bonchev–Trinajstić information content (AvgIpc) is 3.05. The van der Waals surface area contributed by atoms with Gasteiger partial charge in [-0.25, -0.2) is 15.0 Å². The number of carbonyl (C=O) groups excluding carboxylic acids is 3. The number of amides is 5. The molecule has 3 rings (SSSR count). The van der Waals surface area contributed by atoms with E-state index < -0.39 is 23.5 Å². The molecule has 1 aliphatic heterocycles. The molecule has 0 spiro atoms. The van der Waals surface area contributed by atoms with Crippen molar-refractivity contribution in [3.8, 4) is 5.75 Å². The lowest BCUT2D eigenvalue weighted by Crippen LogP contribution is -2.54. The second-order valence-corrected chi connectivity index (χ2v) is 9.06. The van der Waals surface area contributed by atoms with Crippen LogP contribution in [0, 0.1) is 5.92 Å². The van der Waals surface area contributed by atoms with E-state index in [1.807, 2.05) is 45.0 Å². The summed E-state index contributed by atoms with van der Waals surface area (Å²) in [6.45, 7) is 6.82. The predicted molar refractivity (Wildman–Crippen MR) is 131 cm³/mol. The molecule has 3 N–H and O–H groups in total. The second-order valence-electron chi connectivity index (χ2n) is 8.15. The van der Waals surface area contributed by atoms with Gasteiger partial charge < -0.3 is 20.1 Å². The van der Waals surface area contributed by atoms with Gasteiger partial charge in [0, 0.05) is 23.2 Å². The normalized spacial score (nSPS) is 17.6. The van der Waals surface area contributed by atoms with Gasteiger partial charge in [0.05, 0.1) is 13.2 Å². The molecule has 0 aromatic heterocycles. The van der Waals surface area contributed by atoms with E-state index >= 15 is 0 Å². The molecule has 1 saturated heterocycles. The highest BCUT2D eigenvalue weighted by Crippen LogP contribution is 2.29. The Bertz CT molecular complexity index is 1010. The maximum Gasteiger partial charge on any atom is 0.344 e. The SMILES string of the molecule is CCOc1ccc(COCCC2(C(C)C)NC(=O)N(NC(=O)Nc3ccc(Br)cc3)C2=O)cc1. The molecule has 0 saturated carbocycles. The van der Waals surface area contributed by atoms with Crippen LogP contribution in [0.4, 0.5) is 15.3 Å². The number of hydrazine groups is 1. The van der Waals surface area contributed by atoms with Gasteiger partial charge >= 0.3 is 12.1 Å². The Morgan fingerprint density at radius 3 is 2.41 bits per heavy atom. The molecule has 1 unspecified atom stereocenters. The van der Waals surface area contributed by atoms with Gasteiger partial charge in [-0.3, -0.25) is 4.79 Å². The first-order valence-electron chi connectivity index (χ1n) is 11.0. The number of hydrogen-bond acceptors (Lipinski definition) is 5. The first-order valence-corrected chi connectivity index (χ1v) is 11.8. The largest absolute Gasteiger partial charge is 0.494 e. The molecule has 1 aliphatic rings. The summed E-state index contributed by atoms with van der Waals surface area (Å²) in [7, 11) is 0. The van der Waals surface area contributed by atoms with Crippen molar-refractivity contribution in [2.45, 2.75) is 39.3 Å². The number of halogens is 1. The molecule has 1 fully saturated rings. The molecule has 5 amide bonds. The standard InChI is InChI=1S/C24H29BrN4O5/c1-4-34-20-11-5-17(6-12-20)15-33-14-13-24(16(2)3)21(30)29(23(32)27-24)28-22(31)26-19-9-7-18(25)8-10-19/h5-12,16H,4,13-15H2,1-3H3,(H,27,32)(H2,26,28,31). The van der Waals surface area contributed by atoms with E-state index in [1.165, 1.54) is 0 Å². The first kappa shape index (κ1) is 25.5.